The molecule has 0 bridgehead atoms. The molecule has 0 saturated carbocycles. The van der Waals surface area contributed by atoms with Crippen molar-refractivity contribution in [1.29, 1.82) is 0 Å². The minimum Gasteiger partial charge on any atom is -0.345 e. The van der Waals surface area contributed by atoms with Gasteiger partial charge < -0.3 is 10.3 Å². The third-order valence-corrected chi connectivity index (χ3v) is 4.90. The molecule has 9 heteroatoms. The van der Waals surface area contributed by atoms with Gasteiger partial charge in [0.15, 0.2) is 5.82 Å². The molecule has 2 aromatic heterocycles. The molecule has 0 radical (unpaired) electrons. The summed E-state index contributed by atoms with van der Waals surface area (Å²) >= 11 is 12.2. The Balaban J connectivity index is 1.97. The summed E-state index contributed by atoms with van der Waals surface area (Å²) < 4.78 is 17.3. The molecule has 0 aliphatic heterocycles. The molecule has 0 saturated heterocycles. The lowest BCUT2D eigenvalue weighted by Gasteiger charge is -2.06. The first-order valence-corrected chi connectivity index (χ1v) is 9.36. The molecule has 0 fully saturated rings. The lowest BCUT2D eigenvalue weighted by molar-refractivity contribution is 0.629. The van der Waals surface area contributed by atoms with Crippen LogP contribution in [0.15, 0.2) is 47.4 Å². The summed E-state index contributed by atoms with van der Waals surface area (Å²) in [5.41, 5.74) is 7.05. The van der Waals surface area contributed by atoms with Gasteiger partial charge in [-0.2, -0.15) is 5.10 Å². The minimum absolute atomic E-state index is 0.330. The number of H-pyrrole nitrogens is 1. The van der Waals surface area contributed by atoms with Crippen LogP contribution in [0.3, 0.4) is 0 Å². The van der Waals surface area contributed by atoms with E-state index in [1.807, 2.05) is 4.57 Å². The van der Waals surface area contributed by atoms with Crippen LogP contribution in [0.4, 0.5) is 4.39 Å². The van der Waals surface area contributed by atoms with E-state index in [-0.39, 0.29) is 0 Å². The molecule has 0 amide bonds. The maximum atomic E-state index is 14.0. The summed E-state index contributed by atoms with van der Waals surface area (Å²) in [6.45, 7) is 1.16. The number of rotatable bonds is 5. The Kier molecular flexibility index (Phi) is 4.97. The van der Waals surface area contributed by atoms with Gasteiger partial charge in [0.1, 0.15) is 5.82 Å². The van der Waals surface area contributed by atoms with Crippen molar-refractivity contribution in [3.05, 3.63) is 68.9 Å². The molecule has 0 aliphatic rings. The zero-order valence-electron chi connectivity index (χ0n) is 14.6. The van der Waals surface area contributed by atoms with Gasteiger partial charge in [0.25, 0.3) is 0 Å². The van der Waals surface area contributed by atoms with Crippen molar-refractivity contribution >= 4 is 34.1 Å². The third-order valence-electron chi connectivity index (χ3n) is 4.46. The Morgan fingerprint density at radius 1 is 1.14 bits per heavy atom. The van der Waals surface area contributed by atoms with Crippen molar-refractivity contribution in [2.24, 2.45) is 5.73 Å². The highest BCUT2D eigenvalue weighted by molar-refractivity contribution is 6.35. The molecule has 0 unspecified atom stereocenters. The van der Waals surface area contributed by atoms with Gasteiger partial charge in [0.05, 0.1) is 11.2 Å². The maximum Gasteiger partial charge on any atom is 0.348 e. The third kappa shape index (κ3) is 3.32. The fourth-order valence-electron chi connectivity index (χ4n) is 3.27. The van der Waals surface area contributed by atoms with Gasteiger partial charge in [-0.05, 0) is 49.4 Å². The van der Waals surface area contributed by atoms with E-state index < -0.39 is 11.5 Å². The first kappa shape index (κ1) is 18.7. The average molecular weight is 420 g/mol. The number of fused-ring (bicyclic) bond motifs is 1. The van der Waals surface area contributed by atoms with Crippen molar-refractivity contribution in [3.8, 4) is 17.1 Å². The Morgan fingerprint density at radius 3 is 2.61 bits per heavy atom. The number of benzene rings is 2. The monoisotopic (exact) mass is 419 g/mol. The Morgan fingerprint density at radius 2 is 1.89 bits per heavy atom. The largest absolute Gasteiger partial charge is 0.348 e. The van der Waals surface area contributed by atoms with E-state index in [0.29, 0.717) is 45.6 Å². The molecular formula is C19H16Cl2FN5O. The van der Waals surface area contributed by atoms with Crippen LogP contribution < -0.4 is 11.4 Å². The summed E-state index contributed by atoms with van der Waals surface area (Å²) in [5, 5.41) is 8.01. The van der Waals surface area contributed by atoms with E-state index in [4.69, 9.17) is 28.9 Å². The molecule has 4 rings (SSSR count). The molecule has 0 atom stereocenters. The summed E-state index contributed by atoms with van der Waals surface area (Å²) in [6, 6.07) is 9.39. The first-order chi connectivity index (χ1) is 13.5. The van der Waals surface area contributed by atoms with Gasteiger partial charge >= 0.3 is 5.69 Å². The second kappa shape index (κ2) is 7.43. The molecule has 3 N–H and O–H groups in total. The molecule has 28 heavy (non-hydrogen) atoms. The topological polar surface area (TPSA) is 81.6 Å². The van der Waals surface area contributed by atoms with Crippen LogP contribution in [-0.4, -0.2) is 25.9 Å². The molecule has 2 aromatic carbocycles. The summed E-state index contributed by atoms with van der Waals surface area (Å²) in [5.74, 6) is -0.0641. The predicted octanol–water partition coefficient (Wildman–Crippen LogP) is 3.98. The Labute approximate surface area is 169 Å². The fourth-order valence-corrected chi connectivity index (χ4v) is 3.80. The molecule has 144 valence electrons. The van der Waals surface area contributed by atoms with Crippen LogP contribution in [0.25, 0.3) is 28.0 Å². The van der Waals surface area contributed by atoms with Gasteiger partial charge in [-0.15, -0.1) is 0 Å². The molecule has 4 aromatic rings. The van der Waals surface area contributed by atoms with Crippen molar-refractivity contribution in [2.45, 2.75) is 13.0 Å². The van der Waals surface area contributed by atoms with E-state index in [0.717, 1.165) is 11.9 Å². The summed E-state index contributed by atoms with van der Waals surface area (Å²) in [4.78, 5) is 12.6. The van der Waals surface area contributed by atoms with Crippen molar-refractivity contribution < 1.29 is 4.39 Å². The van der Waals surface area contributed by atoms with Crippen molar-refractivity contribution in [3.63, 3.8) is 0 Å². The second-order valence-corrected chi connectivity index (χ2v) is 7.23. The van der Waals surface area contributed by atoms with E-state index in [2.05, 4.69) is 10.2 Å². The average Bonchev–Trinajstić information content (AvgIpc) is 3.19. The molecular weight excluding hydrogens is 404 g/mol. The molecule has 2 heterocycles. The minimum atomic E-state index is -0.451. The highest BCUT2D eigenvalue weighted by atomic mass is 35.5. The van der Waals surface area contributed by atoms with Gasteiger partial charge in [0, 0.05) is 33.7 Å². The zero-order valence-corrected chi connectivity index (χ0v) is 16.1. The van der Waals surface area contributed by atoms with Crippen LogP contribution in [0.5, 0.6) is 0 Å². The summed E-state index contributed by atoms with van der Waals surface area (Å²) in [6.07, 6.45) is 2.55. The van der Waals surface area contributed by atoms with Crippen LogP contribution in [0, 0.1) is 5.82 Å². The number of nitrogens with one attached hydrogen (secondary N) is 1. The van der Waals surface area contributed by atoms with Crippen LogP contribution in [0.1, 0.15) is 6.42 Å². The first-order valence-electron chi connectivity index (χ1n) is 8.60. The molecule has 0 spiro atoms. The number of nitrogens with two attached hydrogens (primary N) is 1. The van der Waals surface area contributed by atoms with Gasteiger partial charge in [-0.3, -0.25) is 0 Å². The van der Waals surface area contributed by atoms with E-state index in [1.165, 1.54) is 16.7 Å². The number of hydrogen-bond donors (Lipinski definition) is 2. The van der Waals surface area contributed by atoms with E-state index in [9.17, 15) is 9.18 Å². The van der Waals surface area contributed by atoms with Gasteiger partial charge in [-0.1, -0.05) is 23.2 Å². The maximum absolute atomic E-state index is 14.0. The SMILES string of the molecule is NCCCn1cc(-n2c(-c3cc(Cl)cc(Cl)c3)n[nH]c2=O)c2cc(F)ccc21. The quantitative estimate of drug-likeness (QED) is 0.513. The number of aromatic nitrogens is 4. The number of aromatic amines is 1. The Bertz CT molecular complexity index is 1210. The van der Waals surface area contributed by atoms with Crippen molar-refractivity contribution in [2.75, 3.05) is 6.54 Å². The smallest absolute Gasteiger partial charge is 0.345 e. The van der Waals surface area contributed by atoms with Gasteiger partial charge in [0.2, 0.25) is 0 Å². The fraction of sp³-hybridized carbons (Fsp3) is 0.158. The number of halogens is 3. The number of aryl methyl sites for hydroxylation is 1. The predicted molar refractivity (Wildman–Crippen MR) is 109 cm³/mol. The zero-order chi connectivity index (χ0) is 19.8. The van der Waals surface area contributed by atoms with Crippen LogP contribution in [0.2, 0.25) is 10.0 Å². The summed E-state index contributed by atoms with van der Waals surface area (Å²) in [7, 11) is 0. The van der Waals surface area contributed by atoms with Crippen LogP contribution >= 0.6 is 23.2 Å². The molecule has 6 nitrogen and oxygen atoms in total. The number of nitrogens with zero attached hydrogens (tertiary/aromatic N) is 3. The normalized spacial score (nSPS) is 11.4. The highest BCUT2D eigenvalue weighted by Crippen LogP contribution is 2.30. The highest BCUT2D eigenvalue weighted by Gasteiger charge is 2.19. The second-order valence-electron chi connectivity index (χ2n) is 6.36. The van der Waals surface area contributed by atoms with Crippen LogP contribution in [-0.2, 0) is 6.54 Å². The van der Waals surface area contributed by atoms with Gasteiger partial charge in [-0.25, -0.2) is 18.9 Å². The Hall–Kier alpha value is -2.61. The van der Waals surface area contributed by atoms with E-state index in [1.54, 1.807) is 30.5 Å². The lowest BCUT2D eigenvalue weighted by atomic mass is 10.2. The lowest BCUT2D eigenvalue weighted by Crippen LogP contribution is -2.15. The molecule has 0 aliphatic carbocycles. The standard InChI is InChI=1S/C19H16Cl2FN5O/c20-12-6-11(7-13(21)8-12)18-24-25-19(28)27(18)17-10-26(5-1-4-23)16-3-2-14(22)9-15(16)17/h2-3,6-10H,1,4-5,23H2,(H,25,28). The van der Waals surface area contributed by atoms with Crippen molar-refractivity contribution in [1.82, 2.24) is 19.3 Å². The van der Waals surface area contributed by atoms with E-state index >= 15 is 0 Å². The number of hydrogen-bond acceptors (Lipinski definition) is 3.